The Morgan fingerprint density at radius 3 is 1.92 bits per heavy atom. The molecule has 0 saturated carbocycles. The van der Waals surface area contributed by atoms with E-state index < -0.39 is 0 Å². The molecule has 0 heterocycles. The normalized spacial score (nSPS) is 11.0. The average Bonchev–Trinajstić information content (AvgIpc) is 2.93. The zero-order valence-electron chi connectivity index (χ0n) is 22.7. The summed E-state index contributed by atoms with van der Waals surface area (Å²) >= 11 is 0. The van der Waals surface area contributed by atoms with Crippen molar-refractivity contribution in [2.45, 2.75) is 46.5 Å². The highest BCUT2D eigenvalue weighted by Gasteiger charge is 2.15. The summed E-state index contributed by atoms with van der Waals surface area (Å²) in [6, 6.07) is 29.7. The molecule has 0 aliphatic carbocycles. The van der Waals surface area contributed by atoms with E-state index in [1.165, 1.54) is 16.7 Å². The summed E-state index contributed by atoms with van der Waals surface area (Å²) in [7, 11) is 1.72. The van der Waals surface area contributed by atoms with Crippen LogP contribution in [0.1, 0.15) is 52.0 Å². The van der Waals surface area contributed by atoms with Crippen LogP contribution in [0.3, 0.4) is 0 Å². The van der Waals surface area contributed by atoms with Crippen molar-refractivity contribution in [1.82, 2.24) is 0 Å². The monoisotopic (exact) mass is 494 g/mol. The predicted molar refractivity (Wildman–Crippen MR) is 155 cm³/mol. The van der Waals surface area contributed by atoms with Crippen molar-refractivity contribution in [3.05, 3.63) is 90.5 Å². The summed E-state index contributed by atoms with van der Waals surface area (Å²) in [5.74, 6) is 3.05. The number of methoxy groups -OCH3 is 1. The molecule has 0 fully saturated rings. The second-order valence-electron chi connectivity index (χ2n) is 9.53. The number of benzene rings is 4. The summed E-state index contributed by atoms with van der Waals surface area (Å²) in [5, 5.41) is 0. The van der Waals surface area contributed by atoms with Crippen molar-refractivity contribution < 1.29 is 14.2 Å². The smallest absolute Gasteiger partial charge is 0.127 e. The highest BCUT2D eigenvalue weighted by molar-refractivity contribution is 5.81. The number of hydrogen-bond donors (Lipinski definition) is 0. The van der Waals surface area contributed by atoms with Crippen LogP contribution in [0.25, 0.3) is 33.4 Å². The van der Waals surface area contributed by atoms with Gasteiger partial charge in [-0.15, -0.1) is 0 Å². The third-order valence-electron chi connectivity index (χ3n) is 6.62. The largest absolute Gasteiger partial charge is 0.496 e. The van der Waals surface area contributed by atoms with Gasteiger partial charge in [0.05, 0.1) is 20.3 Å². The van der Waals surface area contributed by atoms with Crippen molar-refractivity contribution in [3.63, 3.8) is 0 Å². The Balaban J connectivity index is 1.67. The molecule has 0 saturated heterocycles. The molecule has 0 spiro atoms. The molecule has 0 bridgehead atoms. The van der Waals surface area contributed by atoms with Crippen molar-refractivity contribution in [2.75, 3.05) is 20.3 Å². The lowest BCUT2D eigenvalue weighted by Gasteiger charge is -2.17. The predicted octanol–water partition coefficient (Wildman–Crippen LogP) is 9.40. The number of ether oxygens (including phenoxy) is 3. The van der Waals surface area contributed by atoms with Crippen molar-refractivity contribution in [1.29, 1.82) is 0 Å². The van der Waals surface area contributed by atoms with Gasteiger partial charge >= 0.3 is 0 Å². The first-order chi connectivity index (χ1) is 18.0. The fourth-order valence-corrected chi connectivity index (χ4v) is 4.63. The molecule has 0 aliphatic rings. The first kappa shape index (κ1) is 26.3. The minimum absolute atomic E-state index is 0.445. The van der Waals surface area contributed by atoms with Gasteiger partial charge in [-0.1, -0.05) is 87.9 Å². The van der Waals surface area contributed by atoms with Crippen LogP contribution in [0.15, 0.2) is 84.9 Å². The molecule has 4 aromatic rings. The van der Waals surface area contributed by atoms with Gasteiger partial charge in [0.25, 0.3) is 0 Å². The van der Waals surface area contributed by atoms with E-state index in [0.717, 1.165) is 59.0 Å². The Morgan fingerprint density at radius 1 is 0.649 bits per heavy atom. The van der Waals surface area contributed by atoms with Crippen molar-refractivity contribution in [2.24, 2.45) is 0 Å². The van der Waals surface area contributed by atoms with E-state index in [-0.39, 0.29) is 0 Å². The molecular formula is C34H38O3. The van der Waals surface area contributed by atoms with Crippen LogP contribution < -0.4 is 14.2 Å². The molecule has 0 unspecified atom stereocenters. The minimum atomic E-state index is 0.445. The maximum absolute atomic E-state index is 6.14. The molecule has 4 aromatic carbocycles. The van der Waals surface area contributed by atoms with Gasteiger partial charge in [-0.3, -0.25) is 0 Å². The Kier molecular flexibility index (Phi) is 8.90. The van der Waals surface area contributed by atoms with E-state index in [4.69, 9.17) is 14.2 Å². The van der Waals surface area contributed by atoms with Crippen LogP contribution in [0.4, 0.5) is 0 Å². The average molecular weight is 495 g/mol. The van der Waals surface area contributed by atoms with Gasteiger partial charge in [0.2, 0.25) is 0 Å². The van der Waals surface area contributed by atoms with E-state index >= 15 is 0 Å². The molecule has 3 heteroatoms. The van der Waals surface area contributed by atoms with Crippen LogP contribution in [-0.2, 0) is 0 Å². The van der Waals surface area contributed by atoms with Gasteiger partial charge in [0.15, 0.2) is 0 Å². The summed E-state index contributed by atoms with van der Waals surface area (Å²) in [6.45, 7) is 10.0. The first-order valence-electron chi connectivity index (χ1n) is 13.3. The highest BCUT2D eigenvalue weighted by atomic mass is 16.5. The number of unbranched alkanes of at least 4 members (excludes halogenated alkanes) is 1. The van der Waals surface area contributed by atoms with Gasteiger partial charge in [-0.25, -0.2) is 0 Å². The molecule has 192 valence electrons. The van der Waals surface area contributed by atoms with E-state index in [1.807, 2.05) is 19.1 Å². The van der Waals surface area contributed by atoms with E-state index in [1.54, 1.807) is 7.11 Å². The van der Waals surface area contributed by atoms with Crippen LogP contribution in [-0.4, -0.2) is 20.3 Å². The Bertz CT molecular complexity index is 1310. The maximum Gasteiger partial charge on any atom is 0.127 e. The second-order valence-corrected chi connectivity index (χ2v) is 9.53. The van der Waals surface area contributed by atoms with E-state index in [2.05, 4.69) is 93.6 Å². The lowest BCUT2D eigenvalue weighted by Crippen LogP contribution is -1.97. The zero-order chi connectivity index (χ0) is 26.2. The zero-order valence-corrected chi connectivity index (χ0v) is 22.7. The Morgan fingerprint density at radius 2 is 1.27 bits per heavy atom. The molecule has 0 N–H and O–H groups in total. The van der Waals surface area contributed by atoms with Crippen molar-refractivity contribution >= 4 is 0 Å². The molecule has 37 heavy (non-hydrogen) atoms. The topological polar surface area (TPSA) is 27.7 Å². The molecule has 0 aromatic heterocycles. The molecule has 0 radical (unpaired) electrons. The lowest BCUT2D eigenvalue weighted by atomic mass is 9.91. The summed E-state index contributed by atoms with van der Waals surface area (Å²) in [6.07, 6.45) is 2.19. The first-order valence-corrected chi connectivity index (χ1v) is 13.3. The molecule has 0 amide bonds. The Hall–Kier alpha value is -3.72. The summed E-state index contributed by atoms with van der Waals surface area (Å²) in [5.41, 5.74) is 8.01. The van der Waals surface area contributed by atoms with Crippen molar-refractivity contribution in [3.8, 4) is 50.6 Å². The maximum atomic E-state index is 6.14. The second kappa shape index (κ2) is 12.5. The van der Waals surface area contributed by atoms with Gasteiger partial charge in [0, 0.05) is 11.1 Å². The fraction of sp³-hybridized carbons (Fsp3) is 0.294. The van der Waals surface area contributed by atoms with E-state index in [9.17, 15) is 0 Å². The molecule has 4 rings (SSSR count). The standard InChI is InChI=1S/C34H38O3/c1-6-8-21-37-28-17-13-25(14-18-28)31-19-16-27(22-33(31)35-5)32-20-15-26(23-34(32)36-7-2)30-12-10-9-11-29(30)24(3)4/h9-20,22-24H,6-8,21H2,1-5H3. The van der Waals surface area contributed by atoms with Crippen LogP contribution in [0, 0.1) is 0 Å². The van der Waals surface area contributed by atoms with Crippen LogP contribution in [0.5, 0.6) is 17.2 Å². The SMILES string of the molecule is CCCCOc1ccc(-c2ccc(-c3ccc(-c4ccccc4C(C)C)cc3OCC)cc2OC)cc1. The third-order valence-corrected chi connectivity index (χ3v) is 6.62. The minimum Gasteiger partial charge on any atom is -0.496 e. The van der Waals surface area contributed by atoms with Crippen LogP contribution >= 0.6 is 0 Å². The molecular weight excluding hydrogens is 456 g/mol. The Labute approximate surface area is 222 Å². The summed E-state index contributed by atoms with van der Waals surface area (Å²) in [4.78, 5) is 0. The molecule has 0 atom stereocenters. The van der Waals surface area contributed by atoms with E-state index in [0.29, 0.717) is 12.5 Å². The molecule has 0 aliphatic heterocycles. The van der Waals surface area contributed by atoms with Gasteiger partial charge in [-0.05, 0) is 71.3 Å². The lowest BCUT2D eigenvalue weighted by molar-refractivity contribution is 0.309. The van der Waals surface area contributed by atoms with Gasteiger partial charge < -0.3 is 14.2 Å². The molecule has 3 nitrogen and oxygen atoms in total. The van der Waals surface area contributed by atoms with Gasteiger partial charge in [0.1, 0.15) is 17.2 Å². The number of hydrogen-bond acceptors (Lipinski definition) is 3. The summed E-state index contributed by atoms with van der Waals surface area (Å²) < 4.78 is 17.8. The van der Waals surface area contributed by atoms with Crippen LogP contribution in [0.2, 0.25) is 0 Å². The number of rotatable bonds is 11. The fourth-order valence-electron chi connectivity index (χ4n) is 4.63. The van der Waals surface area contributed by atoms with Gasteiger partial charge in [-0.2, -0.15) is 0 Å². The quantitative estimate of drug-likeness (QED) is 0.194. The highest BCUT2D eigenvalue weighted by Crippen LogP contribution is 2.40. The third kappa shape index (κ3) is 6.17.